The van der Waals surface area contributed by atoms with Gasteiger partial charge >= 0.3 is 0 Å². The van der Waals surface area contributed by atoms with E-state index in [0.29, 0.717) is 24.0 Å². The summed E-state index contributed by atoms with van der Waals surface area (Å²) in [6, 6.07) is 4.86. The van der Waals surface area contributed by atoms with Crippen LogP contribution in [0.15, 0.2) is 18.2 Å². The molecule has 100 valence electrons. The van der Waals surface area contributed by atoms with Gasteiger partial charge in [-0.1, -0.05) is 0 Å². The van der Waals surface area contributed by atoms with Crippen LogP contribution >= 0.6 is 0 Å². The van der Waals surface area contributed by atoms with E-state index in [-0.39, 0.29) is 11.9 Å². The van der Waals surface area contributed by atoms with Gasteiger partial charge in [0, 0.05) is 12.1 Å². The van der Waals surface area contributed by atoms with Gasteiger partial charge in [-0.2, -0.15) is 15.4 Å². The van der Waals surface area contributed by atoms with Crippen molar-refractivity contribution in [3.05, 3.63) is 23.8 Å². The normalized spacial score (nSPS) is 23.4. The number of amides is 1. The first-order valence-electron chi connectivity index (χ1n) is 6.24. The van der Waals surface area contributed by atoms with Gasteiger partial charge in [0.1, 0.15) is 11.0 Å². The molecule has 1 fully saturated rings. The van der Waals surface area contributed by atoms with Gasteiger partial charge in [-0.15, -0.1) is 0 Å². The third kappa shape index (κ3) is 2.42. The van der Waals surface area contributed by atoms with Crippen LogP contribution < -0.4 is 10.6 Å². The lowest BCUT2D eigenvalue weighted by Gasteiger charge is -2.29. The zero-order valence-electron chi connectivity index (χ0n) is 10.3. The minimum absolute atomic E-state index is 0.211. The molecule has 0 bridgehead atoms. The lowest BCUT2D eigenvalue weighted by Crippen LogP contribution is -2.53. The topological polar surface area (TPSA) is 103 Å². The highest BCUT2D eigenvalue weighted by Crippen LogP contribution is 2.11. The van der Waals surface area contributed by atoms with E-state index < -0.39 is 6.10 Å². The molecule has 1 aliphatic rings. The molecule has 1 aromatic heterocycles. The molecular weight excluding hydrogens is 246 g/mol. The number of benzene rings is 1. The van der Waals surface area contributed by atoms with E-state index in [9.17, 15) is 9.90 Å². The number of H-pyrrole nitrogens is 1. The Labute approximate surface area is 109 Å². The molecule has 7 heteroatoms. The monoisotopic (exact) mass is 261 g/mol. The van der Waals surface area contributed by atoms with E-state index >= 15 is 0 Å². The predicted octanol–water partition coefficient (Wildman–Crippen LogP) is -0.589. The number of piperidine rings is 1. The zero-order chi connectivity index (χ0) is 13.2. The first-order valence-corrected chi connectivity index (χ1v) is 6.24. The first-order chi connectivity index (χ1) is 9.24. The Morgan fingerprint density at radius 1 is 1.37 bits per heavy atom. The number of carbonyl (C=O) groups excluding carboxylic acids is 1. The van der Waals surface area contributed by atoms with E-state index in [4.69, 9.17) is 0 Å². The van der Waals surface area contributed by atoms with Gasteiger partial charge in [0.25, 0.3) is 5.91 Å². The Kier molecular flexibility index (Phi) is 3.14. The van der Waals surface area contributed by atoms with Crippen LogP contribution in [-0.4, -0.2) is 51.7 Å². The van der Waals surface area contributed by atoms with Crippen LogP contribution in [0.25, 0.3) is 11.0 Å². The predicted molar refractivity (Wildman–Crippen MR) is 68.6 cm³/mol. The van der Waals surface area contributed by atoms with Gasteiger partial charge in [-0.05, 0) is 31.2 Å². The standard InChI is InChI=1S/C12H15N5O2/c18-11-3-4-13-6-10(11)14-12(19)7-1-2-8-9(5-7)16-17-15-8/h1-2,5,10-11,13,18H,3-4,6H2,(H,14,19)(H,15,16,17)/t10-,11+/m0/s1. The molecule has 0 unspecified atom stereocenters. The van der Waals surface area contributed by atoms with Gasteiger partial charge in [0.05, 0.1) is 12.1 Å². The smallest absolute Gasteiger partial charge is 0.251 e. The SMILES string of the molecule is O=C(N[C@H]1CNCC[C@H]1O)c1ccc2n[nH]nc2c1. The highest BCUT2D eigenvalue weighted by atomic mass is 16.3. The van der Waals surface area contributed by atoms with Crippen molar-refractivity contribution >= 4 is 16.9 Å². The summed E-state index contributed by atoms with van der Waals surface area (Å²) in [5.41, 5.74) is 1.88. The maximum absolute atomic E-state index is 12.1. The second-order valence-electron chi connectivity index (χ2n) is 4.67. The van der Waals surface area contributed by atoms with Crippen LogP contribution in [0.2, 0.25) is 0 Å². The highest BCUT2D eigenvalue weighted by molar-refractivity contribution is 5.97. The fourth-order valence-electron chi connectivity index (χ4n) is 2.23. The zero-order valence-corrected chi connectivity index (χ0v) is 10.3. The number of hydrogen-bond donors (Lipinski definition) is 4. The fourth-order valence-corrected chi connectivity index (χ4v) is 2.23. The second kappa shape index (κ2) is 4.94. The molecule has 1 saturated heterocycles. The van der Waals surface area contributed by atoms with Crippen molar-refractivity contribution in [3.8, 4) is 0 Å². The van der Waals surface area contributed by atoms with Crippen molar-refractivity contribution in [3.63, 3.8) is 0 Å². The Hall–Kier alpha value is -1.99. The van der Waals surface area contributed by atoms with E-state index in [1.165, 1.54) is 0 Å². The second-order valence-corrected chi connectivity index (χ2v) is 4.67. The average molecular weight is 261 g/mol. The first kappa shape index (κ1) is 12.1. The summed E-state index contributed by atoms with van der Waals surface area (Å²) in [4.78, 5) is 12.1. The Morgan fingerprint density at radius 2 is 2.21 bits per heavy atom. The number of nitrogens with one attached hydrogen (secondary N) is 3. The highest BCUT2D eigenvalue weighted by Gasteiger charge is 2.24. The van der Waals surface area contributed by atoms with E-state index in [1.54, 1.807) is 18.2 Å². The van der Waals surface area contributed by atoms with Crippen molar-refractivity contribution in [2.75, 3.05) is 13.1 Å². The summed E-state index contributed by atoms with van der Waals surface area (Å²) in [6.07, 6.45) is 0.147. The van der Waals surface area contributed by atoms with Crippen LogP contribution in [0.1, 0.15) is 16.8 Å². The Balaban J connectivity index is 1.75. The Bertz CT molecular complexity index is 597. The number of nitrogens with zero attached hydrogens (tertiary/aromatic N) is 2. The summed E-state index contributed by atoms with van der Waals surface area (Å²) >= 11 is 0. The third-order valence-electron chi connectivity index (χ3n) is 3.34. The number of aliphatic hydroxyl groups is 1. The number of hydrogen-bond acceptors (Lipinski definition) is 5. The van der Waals surface area contributed by atoms with Gasteiger partial charge in [-0.3, -0.25) is 4.79 Å². The molecule has 7 nitrogen and oxygen atoms in total. The minimum Gasteiger partial charge on any atom is -0.391 e. The summed E-state index contributed by atoms with van der Waals surface area (Å²) in [5.74, 6) is -0.211. The molecule has 4 N–H and O–H groups in total. The lowest BCUT2D eigenvalue weighted by atomic mass is 10.0. The molecule has 1 aromatic carbocycles. The van der Waals surface area contributed by atoms with Crippen molar-refractivity contribution in [2.24, 2.45) is 0 Å². The summed E-state index contributed by atoms with van der Waals surface area (Å²) < 4.78 is 0. The third-order valence-corrected chi connectivity index (χ3v) is 3.34. The largest absolute Gasteiger partial charge is 0.391 e. The number of aromatic nitrogens is 3. The van der Waals surface area contributed by atoms with Crippen molar-refractivity contribution in [1.82, 2.24) is 26.0 Å². The molecule has 3 rings (SSSR count). The molecule has 0 saturated carbocycles. The number of rotatable bonds is 2. The molecule has 19 heavy (non-hydrogen) atoms. The fraction of sp³-hybridized carbons (Fsp3) is 0.417. The van der Waals surface area contributed by atoms with E-state index in [1.807, 2.05) is 0 Å². The van der Waals surface area contributed by atoms with Gasteiger partial charge in [0.2, 0.25) is 0 Å². The lowest BCUT2D eigenvalue weighted by molar-refractivity contribution is 0.0755. The molecule has 1 aliphatic heterocycles. The molecular formula is C12H15N5O2. The van der Waals surface area contributed by atoms with Crippen molar-refractivity contribution < 1.29 is 9.90 Å². The van der Waals surface area contributed by atoms with E-state index in [2.05, 4.69) is 26.0 Å². The molecule has 0 aliphatic carbocycles. The van der Waals surface area contributed by atoms with Crippen LogP contribution in [0.5, 0.6) is 0 Å². The van der Waals surface area contributed by atoms with Gasteiger partial charge in [-0.25, -0.2) is 0 Å². The Morgan fingerprint density at radius 3 is 3.05 bits per heavy atom. The maximum atomic E-state index is 12.1. The van der Waals surface area contributed by atoms with Crippen molar-refractivity contribution in [1.29, 1.82) is 0 Å². The van der Waals surface area contributed by atoms with Crippen LogP contribution in [0.3, 0.4) is 0 Å². The number of fused-ring (bicyclic) bond motifs is 1. The molecule has 0 spiro atoms. The molecule has 0 radical (unpaired) electrons. The minimum atomic E-state index is -0.499. The van der Waals surface area contributed by atoms with Gasteiger partial charge in [0.15, 0.2) is 0 Å². The summed E-state index contributed by atoms with van der Waals surface area (Å²) in [7, 11) is 0. The summed E-state index contributed by atoms with van der Waals surface area (Å²) in [5, 5.41) is 26.2. The number of carbonyl (C=O) groups is 1. The summed E-state index contributed by atoms with van der Waals surface area (Å²) in [6.45, 7) is 1.36. The van der Waals surface area contributed by atoms with Crippen LogP contribution in [-0.2, 0) is 0 Å². The number of aromatic amines is 1. The quantitative estimate of drug-likeness (QED) is 0.578. The maximum Gasteiger partial charge on any atom is 0.251 e. The van der Waals surface area contributed by atoms with E-state index in [0.717, 1.165) is 12.1 Å². The molecule has 1 amide bonds. The number of aliphatic hydroxyl groups excluding tert-OH is 1. The molecule has 2 aromatic rings. The van der Waals surface area contributed by atoms with Gasteiger partial charge < -0.3 is 15.7 Å². The molecule has 2 heterocycles. The molecule has 2 atom stereocenters. The van der Waals surface area contributed by atoms with Crippen LogP contribution in [0, 0.1) is 0 Å². The average Bonchev–Trinajstić information content (AvgIpc) is 2.88. The van der Waals surface area contributed by atoms with Crippen LogP contribution in [0.4, 0.5) is 0 Å². The van der Waals surface area contributed by atoms with Crippen molar-refractivity contribution in [2.45, 2.75) is 18.6 Å².